The van der Waals surface area contributed by atoms with Gasteiger partial charge in [0.1, 0.15) is 29.0 Å². The molecule has 0 N–H and O–H groups in total. The summed E-state index contributed by atoms with van der Waals surface area (Å²) in [6.45, 7) is 2.40. The maximum atomic E-state index is 13.4. The minimum absolute atomic E-state index is 0.145. The number of amides is 1. The smallest absolute Gasteiger partial charge is 0.253 e. The van der Waals surface area contributed by atoms with Gasteiger partial charge in [0.25, 0.3) is 5.91 Å². The Kier molecular flexibility index (Phi) is 5.91. The normalized spacial score (nSPS) is 17.9. The number of carbonyl (C=O) groups is 1. The van der Waals surface area contributed by atoms with Gasteiger partial charge in [-0.2, -0.15) is 5.10 Å². The molecule has 0 aliphatic carbocycles. The maximum Gasteiger partial charge on any atom is 0.253 e. The van der Waals surface area contributed by atoms with Gasteiger partial charge in [0.05, 0.1) is 31.1 Å². The number of hydrazone groups is 1. The van der Waals surface area contributed by atoms with Crippen LogP contribution in [0.4, 0.5) is 5.95 Å². The molecule has 2 aliphatic heterocycles. The number of hydrogen-bond acceptors (Lipinski definition) is 9. The minimum Gasteiger partial charge on any atom is -0.467 e. The zero-order valence-electron chi connectivity index (χ0n) is 18.9. The first kappa shape index (κ1) is 21.8. The van der Waals surface area contributed by atoms with E-state index in [-0.39, 0.29) is 17.7 Å². The average Bonchev–Trinajstić information content (AvgIpc) is 3.72. The molecular formula is C24H24N6O4S. The Morgan fingerprint density at radius 2 is 1.80 bits per heavy atom. The van der Waals surface area contributed by atoms with E-state index < -0.39 is 0 Å². The fraction of sp³-hybridized carbons (Fsp3) is 0.333. The number of hydrogen-bond donors (Lipinski definition) is 0. The van der Waals surface area contributed by atoms with Crippen molar-refractivity contribution < 1.29 is 18.0 Å². The highest BCUT2D eigenvalue weighted by Crippen LogP contribution is 2.34. The molecule has 6 heterocycles. The lowest BCUT2D eigenvalue weighted by Crippen LogP contribution is -2.28. The van der Waals surface area contributed by atoms with Crippen molar-refractivity contribution in [2.75, 3.05) is 23.7 Å². The molecule has 11 heteroatoms. The van der Waals surface area contributed by atoms with E-state index in [0.717, 1.165) is 37.6 Å². The van der Waals surface area contributed by atoms with E-state index in [1.54, 1.807) is 18.8 Å². The van der Waals surface area contributed by atoms with E-state index in [4.69, 9.17) is 13.3 Å². The van der Waals surface area contributed by atoms with E-state index in [0.29, 0.717) is 35.4 Å². The quantitative estimate of drug-likeness (QED) is 0.337. The van der Waals surface area contributed by atoms with Crippen LogP contribution in [0.5, 0.6) is 0 Å². The Morgan fingerprint density at radius 1 is 1.00 bits per heavy atom. The summed E-state index contributed by atoms with van der Waals surface area (Å²) in [5.41, 5.74) is 0.715. The van der Waals surface area contributed by atoms with Crippen LogP contribution in [0.3, 0.4) is 0 Å². The number of furan rings is 3. The topological polar surface area (TPSA) is 106 Å². The van der Waals surface area contributed by atoms with Gasteiger partial charge in [0.2, 0.25) is 5.95 Å². The molecule has 0 saturated carbocycles. The van der Waals surface area contributed by atoms with Gasteiger partial charge in [-0.05, 0) is 49.2 Å². The van der Waals surface area contributed by atoms with E-state index in [1.807, 2.05) is 41.0 Å². The van der Waals surface area contributed by atoms with Gasteiger partial charge in [-0.1, -0.05) is 11.8 Å². The van der Waals surface area contributed by atoms with Crippen LogP contribution < -0.4 is 4.90 Å². The molecule has 10 nitrogen and oxygen atoms in total. The first-order valence-electron chi connectivity index (χ1n) is 11.6. The molecule has 35 heavy (non-hydrogen) atoms. The van der Waals surface area contributed by atoms with Gasteiger partial charge in [-0.15, -0.1) is 10.2 Å². The Balaban J connectivity index is 1.22. The van der Waals surface area contributed by atoms with Gasteiger partial charge in [0.15, 0.2) is 5.16 Å². The van der Waals surface area contributed by atoms with Crippen molar-refractivity contribution in [2.45, 2.75) is 37.0 Å². The second kappa shape index (κ2) is 9.49. The van der Waals surface area contributed by atoms with E-state index in [2.05, 4.69) is 20.2 Å². The molecule has 0 aromatic carbocycles. The van der Waals surface area contributed by atoms with Crippen LogP contribution in [-0.2, 0) is 11.3 Å². The molecule has 0 radical (unpaired) electrons. The summed E-state index contributed by atoms with van der Waals surface area (Å²) in [4.78, 5) is 15.6. The van der Waals surface area contributed by atoms with E-state index in [9.17, 15) is 4.79 Å². The van der Waals surface area contributed by atoms with Gasteiger partial charge in [0, 0.05) is 19.5 Å². The Morgan fingerprint density at radius 3 is 2.54 bits per heavy atom. The molecule has 1 atom stereocenters. The molecule has 1 unspecified atom stereocenters. The zero-order valence-corrected chi connectivity index (χ0v) is 19.8. The number of rotatable bonds is 8. The van der Waals surface area contributed by atoms with Crippen molar-refractivity contribution in [2.24, 2.45) is 5.10 Å². The van der Waals surface area contributed by atoms with Crippen LogP contribution in [0.25, 0.3) is 0 Å². The molecule has 1 saturated heterocycles. The maximum absolute atomic E-state index is 13.4. The second-order valence-electron chi connectivity index (χ2n) is 8.43. The molecular weight excluding hydrogens is 468 g/mol. The minimum atomic E-state index is -0.320. The van der Waals surface area contributed by atoms with Crippen molar-refractivity contribution in [3.8, 4) is 0 Å². The third-order valence-electron chi connectivity index (χ3n) is 6.15. The van der Waals surface area contributed by atoms with Gasteiger partial charge in [-0.3, -0.25) is 9.36 Å². The van der Waals surface area contributed by atoms with Crippen LogP contribution in [0.2, 0.25) is 0 Å². The zero-order chi connectivity index (χ0) is 23.6. The predicted molar refractivity (Wildman–Crippen MR) is 128 cm³/mol. The molecule has 0 bridgehead atoms. The Hall–Kier alpha value is -3.73. The van der Waals surface area contributed by atoms with Gasteiger partial charge >= 0.3 is 0 Å². The number of aromatic nitrogens is 3. The molecule has 4 aromatic heterocycles. The highest BCUT2D eigenvalue weighted by atomic mass is 32.2. The first-order chi connectivity index (χ1) is 17.3. The third-order valence-corrected chi connectivity index (χ3v) is 7.10. The number of carbonyl (C=O) groups excluding carboxylic acids is 1. The van der Waals surface area contributed by atoms with Crippen molar-refractivity contribution in [3.63, 3.8) is 0 Å². The molecule has 1 amide bonds. The third kappa shape index (κ3) is 4.39. The summed E-state index contributed by atoms with van der Waals surface area (Å²) in [5, 5.41) is 15.6. The van der Waals surface area contributed by atoms with E-state index in [1.165, 1.54) is 16.8 Å². The summed E-state index contributed by atoms with van der Waals surface area (Å²) >= 11 is 1.35. The van der Waals surface area contributed by atoms with Crippen LogP contribution in [0, 0.1) is 0 Å². The summed E-state index contributed by atoms with van der Waals surface area (Å²) < 4.78 is 18.7. The summed E-state index contributed by atoms with van der Waals surface area (Å²) in [6, 6.07) is 10.8. The van der Waals surface area contributed by atoms with Crippen molar-refractivity contribution in [1.82, 2.24) is 19.8 Å². The fourth-order valence-corrected chi connectivity index (χ4v) is 5.25. The lowest BCUT2D eigenvalue weighted by Gasteiger charge is -2.20. The predicted octanol–water partition coefficient (Wildman–Crippen LogP) is 4.18. The van der Waals surface area contributed by atoms with Crippen molar-refractivity contribution >= 4 is 29.3 Å². The average molecular weight is 493 g/mol. The Labute approximate surface area is 205 Å². The number of nitrogens with zero attached hydrogens (tertiary/aromatic N) is 6. The lowest BCUT2D eigenvalue weighted by atomic mass is 10.1. The number of anilines is 1. The monoisotopic (exact) mass is 492 g/mol. The fourth-order valence-electron chi connectivity index (χ4n) is 4.46. The molecule has 4 aromatic rings. The van der Waals surface area contributed by atoms with Gasteiger partial charge < -0.3 is 18.2 Å². The Bertz CT molecular complexity index is 1290. The number of thioether (sulfide) groups is 1. The first-order valence-corrected chi connectivity index (χ1v) is 12.5. The van der Waals surface area contributed by atoms with Gasteiger partial charge in [-0.25, -0.2) is 5.01 Å². The summed E-state index contributed by atoms with van der Waals surface area (Å²) in [5.74, 6) is 2.96. The van der Waals surface area contributed by atoms with Crippen molar-refractivity contribution in [3.05, 3.63) is 72.5 Å². The highest BCUT2D eigenvalue weighted by Gasteiger charge is 2.36. The van der Waals surface area contributed by atoms with Crippen molar-refractivity contribution in [1.29, 1.82) is 0 Å². The highest BCUT2D eigenvalue weighted by molar-refractivity contribution is 7.99. The second-order valence-corrected chi connectivity index (χ2v) is 9.37. The van der Waals surface area contributed by atoms with E-state index >= 15 is 0 Å². The lowest BCUT2D eigenvalue weighted by molar-refractivity contribution is -0.130. The summed E-state index contributed by atoms with van der Waals surface area (Å²) in [6.07, 6.45) is 7.65. The molecule has 1 fully saturated rings. The largest absolute Gasteiger partial charge is 0.467 e. The molecule has 180 valence electrons. The summed E-state index contributed by atoms with van der Waals surface area (Å²) in [7, 11) is 0. The van der Waals surface area contributed by atoms with Crippen LogP contribution >= 0.6 is 11.8 Å². The van der Waals surface area contributed by atoms with Crippen LogP contribution in [-0.4, -0.2) is 50.2 Å². The van der Waals surface area contributed by atoms with Crippen LogP contribution in [0.1, 0.15) is 42.6 Å². The standard InChI is InChI=1S/C24H24N6O4S/c31-22(30-19(21-8-5-13-34-21)14-18(27-30)20-7-4-12-33-20)16-35-24-26-25-23(28-9-1-2-10-28)29(24)15-17-6-3-11-32-17/h3-8,11-13,19H,1-2,9-10,14-16H2. The SMILES string of the molecule is O=C(CSc1nnc(N2CCCC2)n1Cc1ccco1)N1N=C(c2ccco2)CC1c1ccco1. The molecule has 6 rings (SSSR count). The molecule has 2 aliphatic rings. The van der Waals surface area contributed by atoms with Crippen LogP contribution in [0.15, 0.2) is 78.7 Å². The molecule has 0 spiro atoms.